The summed E-state index contributed by atoms with van der Waals surface area (Å²) in [6, 6.07) is 10.5. The van der Waals surface area contributed by atoms with Crippen LogP contribution in [0.4, 0.5) is 11.4 Å². The van der Waals surface area contributed by atoms with Gasteiger partial charge in [-0.15, -0.1) is 0 Å². The molecule has 2 aromatic carbocycles. The molecule has 0 saturated carbocycles. The van der Waals surface area contributed by atoms with Crippen molar-refractivity contribution in [1.82, 2.24) is 9.97 Å². The SMILES string of the molecule is Nc1cc(N)c(-c2cccc(Cl)c2Cl)cc1OCc1ccncn1. The number of nitrogens with zero attached hydrogens (tertiary/aromatic N) is 2. The second-order valence-corrected chi connectivity index (χ2v) is 5.85. The number of nitrogen functional groups attached to an aromatic ring is 2. The van der Waals surface area contributed by atoms with E-state index in [2.05, 4.69) is 9.97 Å². The third kappa shape index (κ3) is 3.37. The summed E-state index contributed by atoms with van der Waals surface area (Å²) in [5.74, 6) is 0.494. The Labute approximate surface area is 149 Å². The molecule has 0 amide bonds. The number of rotatable bonds is 4. The maximum Gasteiger partial charge on any atom is 0.143 e. The molecular weight excluding hydrogens is 347 g/mol. The van der Waals surface area contributed by atoms with Gasteiger partial charge in [-0.05, 0) is 24.3 Å². The van der Waals surface area contributed by atoms with Crippen molar-refractivity contribution < 1.29 is 4.74 Å². The Kier molecular flexibility index (Phi) is 4.74. The number of benzene rings is 2. The summed E-state index contributed by atoms with van der Waals surface area (Å²) < 4.78 is 5.76. The average Bonchev–Trinajstić information content (AvgIpc) is 2.58. The second kappa shape index (κ2) is 6.95. The first-order chi connectivity index (χ1) is 11.6. The van der Waals surface area contributed by atoms with Gasteiger partial charge in [0.15, 0.2) is 0 Å². The summed E-state index contributed by atoms with van der Waals surface area (Å²) in [6.45, 7) is 0.263. The van der Waals surface area contributed by atoms with Gasteiger partial charge in [-0.25, -0.2) is 9.97 Å². The maximum absolute atomic E-state index is 6.29. The molecule has 0 aliphatic carbocycles. The number of anilines is 2. The summed E-state index contributed by atoms with van der Waals surface area (Å²) in [7, 11) is 0. The fourth-order valence-electron chi connectivity index (χ4n) is 2.24. The van der Waals surface area contributed by atoms with Gasteiger partial charge in [0.25, 0.3) is 0 Å². The van der Waals surface area contributed by atoms with Crippen molar-refractivity contribution in [3.63, 3.8) is 0 Å². The summed E-state index contributed by atoms with van der Waals surface area (Å²) in [5.41, 5.74) is 15.2. The highest BCUT2D eigenvalue weighted by Crippen LogP contribution is 2.40. The van der Waals surface area contributed by atoms with E-state index >= 15 is 0 Å². The van der Waals surface area contributed by atoms with Crippen molar-refractivity contribution in [3.8, 4) is 16.9 Å². The molecule has 0 bridgehead atoms. The first-order valence-electron chi connectivity index (χ1n) is 7.07. The van der Waals surface area contributed by atoms with E-state index in [4.69, 9.17) is 39.4 Å². The van der Waals surface area contributed by atoms with E-state index in [0.717, 1.165) is 5.69 Å². The molecule has 5 nitrogen and oxygen atoms in total. The average molecular weight is 361 g/mol. The largest absolute Gasteiger partial charge is 0.485 e. The molecule has 0 aliphatic heterocycles. The van der Waals surface area contributed by atoms with Crippen molar-refractivity contribution in [3.05, 3.63) is 64.7 Å². The monoisotopic (exact) mass is 360 g/mol. The molecule has 0 atom stereocenters. The van der Waals surface area contributed by atoms with Crippen LogP contribution in [0.2, 0.25) is 10.0 Å². The molecule has 122 valence electrons. The second-order valence-electron chi connectivity index (χ2n) is 5.07. The van der Waals surface area contributed by atoms with E-state index in [9.17, 15) is 0 Å². The normalized spacial score (nSPS) is 10.6. The minimum Gasteiger partial charge on any atom is -0.485 e. The van der Waals surface area contributed by atoms with E-state index in [1.807, 2.05) is 6.07 Å². The van der Waals surface area contributed by atoms with E-state index in [1.165, 1.54) is 6.33 Å². The predicted octanol–water partition coefficient (Wildman–Crippen LogP) is 4.19. The highest BCUT2D eigenvalue weighted by Gasteiger charge is 2.13. The molecule has 0 spiro atoms. The van der Waals surface area contributed by atoms with Crippen molar-refractivity contribution >= 4 is 34.6 Å². The van der Waals surface area contributed by atoms with E-state index in [1.54, 1.807) is 36.5 Å². The van der Waals surface area contributed by atoms with Crippen LogP contribution < -0.4 is 16.2 Å². The fraction of sp³-hybridized carbons (Fsp3) is 0.0588. The minimum atomic E-state index is 0.263. The zero-order valence-electron chi connectivity index (χ0n) is 12.5. The molecule has 7 heteroatoms. The molecule has 0 radical (unpaired) electrons. The van der Waals surface area contributed by atoms with Gasteiger partial charge < -0.3 is 16.2 Å². The predicted molar refractivity (Wildman–Crippen MR) is 97.1 cm³/mol. The van der Waals surface area contributed by atoms with Crippen LogP contribution in [0.3, 0.4) is 0 Å². The van der Waals surface area contributed by atoms with Gasteiger partial charge >= 0.3 is 0 Å². The first-order valence-corrected chi connectivity index (χ1v) is 7.83. The molecule has 3 rings (SSSR count). The van der Waals surface area contributed by atoms with Crippen LogP contribution in [-0.2, 0) is 6.61 Å². The number of hydrogen-bond donors (Lipinski definition) is 2. The quantitative estimate of drug-likeness (QED) is 0.681. The summed E-state index contributed by atoms with van der Waals surface area (Å²) in [5, 5.41) is 0.881. The van der Waals surface area contributed by atoms with Crippen LogP contribution in [0.5, 0.6) is 5.75 Å². The Morgan fingerprint density at radius 3 is 2.58 bits per heavy atom. The molecule has 0 saturated heterocycles. The molecule has 4 N–H and O–H groups in total. The standard InChI is InChI=1S/C17H14Cl2N4O/c18-13-3-1-2-11(17(13)19)12-6-16(15(21)7-14(12)20)24-8-10-4-5-22-9-23-10/h1-7,9H,8,20-21H2. The Balaban J connectivity index is 1.95. The van der Waals surface area contributed by atoms with E-state index in [-0.39, 0.29) is 6.61 Å². The fourth-order valence-corrected chi connectivity index (χ4v) is 2.64. The lowest BCUT2D eigenvalue weighted by molar-refractivity contribution is 0.303. The molecule has 0 aliphatic rings. The van der Waals surface area contributed by atoms with Gasteiger partial charge in [0.2, 0.25) is 0 Å². The highest BCUT2D eigenvalue weighted by molar-refractivity contribution is 6.43. The summed E-state index contributed by atoms with van der Waals surface area (Å²) in [6.07, 6.45) is 3.11. The third-order valence-corrected chi connectivity index (χ3v) is 4.26. The van der Waals surface area contributed by atoms with Gasteiger partial charge in [-0.2, -0.15) is 0 Å². The van der Waals surface area contributed by atoms with Crippen LogP contribution in [0.25, 0.3) is 11.1 Å². The molecule has 0 unspecified atom stereocenters. The Bertz CT molecular complexity index is 872. The number of aromatic nitrogens is 2. The van der Waals surface area contributed by atoms with Gasteiger partial charge in [-0.3, -0.25) is 0 Å². The molecular formula is C17H14Cl2N4O. The topological polar surface area (TPSA) is 87.0 Å². The smallest absolute Gasteiger partial charge is 0.143 e. The zero-order chi connectivity index (χ0) is 17.1. The van der Waals surface area contributed by atoms with Crippen LogP contribution in [0.15, 0.2) is 48.9 Å². The lowest BCUT2D eigenvalue weighted by Gasteiger charge is -2.14. The van der Waals surface area contributed by atoms with Gasteiger partial charge in [-0.1, -0.05) is 35.3 Å². The maximum atomic E-state index is 6.29. The Hall–Kier alpha value is -2.50. The minimum absolute atomic E-state index is 0.263. The molecule has 0 fully saturated rings. The van der Waals surface area contributed by atoms with Crippen LogP contribution in [0, 0.1) is 0 Å². The molecule has 3 aromatic rings. The van der Waals surface area contributed by atoms with Crippen LogP contribution in [0.1, 0.15) is 5.69 Å². The van der Waals surface area contributed by atoms with Gasteiger partial charge in [0, 0.05) is 23.0 Å². The zero-order valence-corrected chi connectivity index (χ0v) is 14.1. The first kappa shape index (κ1) is 16.4. The Morgan fingerprint density at radius 1 is 1.00 bits per heavy atom. The highest BCUT2D eigenvalue weighted by atomic mass is 35.5. The molecule has 1 aromatic heterocycles. The lowest BCUT2D eigenvalue weighted by Crippen LogP contribution is -2.02. The molecule has 1 heterocycles. The number of nitrogens with two attached hydrogens (primary N) is 2. The third-order valence-electron chi connectivity index (χ3n) is 3.44. The summed E-state index contributed by atoms with van der Waals surface area (Å²) >= 11 is 12.4. The van der Waals surface area contributed by atoms with Crippen molar-refractivity contribution in [1.29, 1.82) is 0 Å². The summed E-state index contributed by atoms with van der Waals surface area (Å²) in [4.78, 5) is 7.97. The van der Waals surface area contributed by atoms with Crippen LogP contribution in [-0.4, -0.2) is 9.97 Å². The Morgan fingerprint density at radius 2 is 1.83 bits per heavy atom. The lowest BCUT2D eigenvalue weighted by atomic mass is 10.0. The number of halogens is 2. The van der Waals surface area contributed by atoms with Gasteiger partial charge in [0.05, 0.1) is 21.4 Å². The van der Waals surface area contributed by atoms with Crippen LogP contribution >= 0.6 is 23.2 Å². The van der Waals surface area contributed by atoms with E-state index < -0.39 is 0 Å². The van der Waals surface area contributed by atoms with Gasteiger partial charge in [0.1, 0.15) is 18.7 Å². The van der Waals surface area contributed by atoms with Crippen molar-refractivity contribution in [2.24, 2.45) is 0 Å². The van der Waals surface area contributed by atoms with Crippen molar-refractivity contribution in [2.45, 2.75) is 6.61 Å². The van der Waals surface area contributed by atoms with Crippen molar-refractivity contribution in [2.75, 3.05) is 11.5 Å². The number of ether oxygens (including phenoxy) is 1. The van der Waals surface area contributed by atoms with E-state index in [0.29, 0.717) is 38.3 Å². The molecule has 24 heavy (non-hydrogen) atoms. The number of hydrogen-bond acceptors (Lipinski definition) is 5.